The lowest BCUT2D eigenvalue weighted by atomic mass is 9.96. The van der Waals surface area contributed by atoms with Gasteiger partial charge in [0.05, 0.1) is 28.9 Å². The summed E-state index contributed by atoms with van der Waals surface area (Å²) in [5.41, 5.74) is 3.88. The van der Waals surface area contributed by atoms with Crippen molar-refractivity contribution >= 4 is 59.8 Å². The smallest absolute Gasteiger partial charge is 0.189 e. The van der Waals surface area contributed by atoms with Crippen LogP contribution in [-0.2, 0) is 0 Å². The highest BCUT2D eigenvalue weighted by Crippen LogP contribution is 2.44. The fourth-order valence-electron chi connectivity index (χ4n) is 5.48. The topological polar surface area (TPSA) is 33.1 Å². The number of hydrogen-bond acceptors (Lipinski definition) is 1. The lowest BCUT2D eigenvalue weighted by Gasteiger charge is -2.13. The summed E-state index contributed by atoms with van der Waals surface area (Å²) < 4.78 is 2.19. The van der Waals surface area contributed by atoms with Gasteiger partial charge in [-0.2, -0.15) is 5.26 Å². The number of benzene rings is 6. The van der Waals surface area contributed by atoms with E-state index in [2.05, 4.69) is 94.3 Å². The van der Waals surface area contributed by atoms with Gasteiger partial charge in [0.15, 0.2) is 5.69 Å². The summed E-state index contributed by atoms with van der Waals surface area (Å²) in [4.78, 5) is 3.67. The van der Waals surface area contributed by atoms with Crippen LogP contribution in [0, 0.1) is 17.9 Å². The number of aromatic nitrogens is 1. The average Bonchev–Trinajstić information content (AvgIpc) is 3.25. The van der Waals surface area contributed by atoms with Gasteiger partial charge in [-0.3, -0.25) is 0 Å². The average molecular weight is 444 g/mol. The van der Waals surface area contributed by atoms with E-state index in [-0.39, 0.29) is 0 Å². The maximum Gasteiger partial charge on any atom is 0.189 e. The highest BCUT2D eigenvalue weighted by molar-refractivity contribution is 6.33. The second-order valence-corrected chi connectivity index (χ2v) is 8.79. The first-order valence-corrected chi connectivity index (χ1v) is 11.5. The molecule has 0 aliphatic heterocycles. The number of fused-ring (bicyclic) bond motifs is 9. The van der Waals surface area contributed by atoms with Crippen molar-refractivity contribution in [2.75, 3.05) is 0 Å². The first-order chi connectivity index (χ1) is 17.3. The van der Waals surface area contributed by atoms with Crippen LogP contribution in [0.25, 0.3) is 64.7 Å². The van der Waals surface area contributed by atoms with Crippen LogP contribution < -0.4 is 0 Å². The Hall–Kier alpha value is -5.12. The Kier molecular flexibility index (Phi) is 3.98. The number of rotatable bonds is 1. The zero-order chi connectivity index (χ0) is 23.5. The maximum absolute atomic E-state index is 10.0. The zero-order valence-corrected chi connectivity index (χ0v) is 18.7. The van der Waals surface area contributed by atoms with E-state index in [9.17, 15) is 5.26 Å². The number of hydrogen-bond donors (Lipinski definition) is 0. The SMILES string of the molecule is [C-]#[N+]c1ccc(C#N)c(-n2c3cc4ccccc4cc3c3c4ccccc4c4ccccc4c32)c1. The van der Waals surface area contributed by atoms with E-state index < -0.39 is 0 Å². The molecule has 0 N–H and O–H groups in total. The molecule has 160 valence electrons. The third-order valence-corrected chi connectivity index (χ3v) is 6.98. The normalized spacial score (nSPS) is 11.4. The van der Waals surface area contributed by atoms with Gasteiger partial charge >= 0.3 is 0 Å². The molecule has 1 heterocycles. The minimum absolute atomic E-state index is 0.514. The largest absolute Gasteiger partial charge is 0.309 e. The molecule has 0 fully saturated rings. The van der Waals surface area contributed by atoms with Gasteiger partial charge in [0.2, 0.25) is 0 Å². The molecule has 0 radical (unpaired) electrons. The Morgan fingerprint density at radius 3 is 2.00 bits per heavy atom. The van der Waals surface area contributed by atoms with Gasteiger partial charge in [-0.25, -0.2) is 4.85 Å². The highest BCUT2D eigenvalue weighted by Gasteiger charge is 2.21. The van der Waals surface area contributed by atoms with Gasteiger partial charge in [0, 0.05) is 16.2 Å². The van der Waals surface area contributed by atoms with Crippen molar-refractivity contribution < 1.29 is 0 Å². The quantitative estimate of drug-likeness (QED) is 0.185. The Labute approximate surface area is 201 Å². The summed E-state index contributed by atoms with van der Waals surface area (Å²) in [7, 11) is 0. The van der Waals surface area contributed by atoms with Crippen LogP contribution in [0.5, 0.6) is 0 Å². The van der Waals surface area contributed by atoms with Gasteiger partial charge in [0.1, 0.15) is 6.07 Å². The lowest BCUT2D eigenvalue weighted by Crippen LogP contribution is -1.98. The van der Waals surface area contributed by atoms with Gasteiger partial charge in [-0.15, -0.1) is 0 Å². The fourth-order valence-corrected chi connectivity index (χ4v) is 5.48. The number of nitrogens with zero attached hydrogens (tertiary/aromatic N) is 3. The van der Waals surface area contributed by atoms with Gasteiger partial charge in [-0.1, -0.05) is 84.9 Å². The summed E-state index contributed by atoms with van der Waals surface area (Å²) in [5.74, 6) is 0. The molecule has 1 aromatic heterocycles. The lowest BCUT2D eigenvalue weighted by molar-refractivity contribution is 1.18. The van der Waals surface area contributed by atoms with Crippen LogP contribution in [0.1, 0.15) is 5.56 Å². The molecule has 3 nitrogen and oxygen atoms in total. The highest BCUT2D eigenvalue weighted by atomic mass is 15.0. The van der Waals surface area contributed by atoms with Crippen molar-refractivity contribution in [2.24, 2.45) is 0 Å². The second-order valence-electron chi connectivity index (χ2n) is 8.79. The molecular formula is C32H17N3. The van der Waals surface area contributed by atoms with Crippen LogP contribution in [0.15, 0.2) is 103 Å². The maximum atomic E-state index is 10.0. The molecular weight excluding hydrogens is 426 g/mol. The molecule has 0 aliphatic carbocycles. The van der Waals surface area contributed by atoms with E-state index in [0.29, 0.717) is 11.3 Å². The molecule has 7 aromatic rings. The molecule has 35 heavy (non-hydrogen) atoms. The van der Waals surface area contributed by atoms with Gasteiger partial charge in [-0.05, 0) is 45.1 Å². The van der Waals surface area contributed by atoms with Crippen molar-refractivity contribution in [1.82, 2.24) is 4.57 Å². The van der Waals surface area contributed by atoms with E-state index >= 15 is 0 Å². The first kappa shape index (κ1) is 19.4. The molecule has 0 amide bonds. The third kappa shape index (κ3) is 2.64. The minimum atomic E-state index is 0.514. The van der Waals surface area contributed by atoms with Crippen LogP contribution in [0.4, 0.5) is 5.69 Å². The van der Waals surface area contributed by atoms with Crippen LogP contribution in [-0.4, -0.2) is 4.57 Å². The van der Waals surface area contributed by atoms with Crippen molar-refractivity contribution in [3.8, 4) is 11.8 Å². The molecule has 0 saturated heterocycles. The first-order valence-electron chi connectivity index (χ1n) is 11.5. The van der Waals surface area contributed by atoms with E-state index in [1.807, 2.05) is 12.1 Å². The summed E-state index contributed by atoms with van der Waals surface area (Å²) >= 11 is 0. The van der Waals surface area contributed by atoms with E-state index in [0.717, 1.165) is 38.3 Å². The molecule has 0 atom stereocenters. The van der Waals surface area contributed by atoms with E-state index in [4.69, 9.17) is 6.57 Å². The second kappa shape index (κ2) is 7.19. The van der Waals surface area contributed by atoms with Crippen molar-refractivity contribution in [3.05, 3.63) is 120 Å². The fraction of sp³-hybridized carbons (Fsp3) is 0. The Morgan fingerprint density at radius 1 is 0.657 bits per heavy atom. The van der Waals surface area contributed by atoms with Crippen molar-refractivity contribution in [1.29, 1.82) is 5.26 Å². The molecule has 7 rings (SSSR count). The molecule has 0 saturated carbocycles. The van der Waals surface area contributed by atoms with Crippen molar-refractivity contribution in [2.45, 2.75) is 0 Å². The third-order valence-electron chi connectivity index (χ3n) is 6.98. The standard InChI is InChI=1S/C32H17N3/c1-34-23-15-14-22(19-33)29(18-23)35-30-17-21-9-3-2-8-20(21)16-28(30)31-26-12-6-4-10-24(26)25-11-5-7-13-27(25)32(31)35/h2-18H. The van der Waals surface area contributed by atoms with Crippen LogP contribution >= 0.6 is 0 Å². The molecule has 0 spiro atoms. The summed E-state index contributed by atoms with van der Waals surface area (Å²) in [6, 6.07) is 37.5. The summed E-state index contributed by atoms with van der Waals surface area (Å²) in [5, 5.41) is 19.3. The minimum Gasteiger partial charge on any atom is -0.309 e. The van der Waals surface area contributed by atoms with Crippen LogP contribution in [0.3, 0.4) is 0 Å². The van der Waals surface area contributed by atoms with Gasteiger partial charge in [0.25, 0.3) is 0 Å². The predicted molar refractivity (Wildman–Crippen MR) is 144 cm³/mol. The monoisotopic (exact) mass is 443 g/mol. The zero-order valence-electron chi connectivity index (χ0n) is 18.7. The Balaban J connectivity index is 1.86. The Morgan fingerprint density at radius 2 is 1.29 bits per heavy atom. The Bertz CT molecular complexity index is 2080. The summed E-state index contributed by atoms with van der Waals surface area (Å²) in [6.45, 7) is 7.60. The van der Waals surface area contributed by atoms with Crippen molar-refractivity contribution in [3.63, 3.8) is 0 Å². The molecule has 0 unspecified atom stereocenters. The summed E-state index contributed by atoms with van der Waals surface area (Å²) in [6.07, 6.45) is 0. The predicted octanol–water partition coefficient (Wildman–Crippen LogP) is 8.67. The van der Waals surface area contributed by atoms with Crippen LogP contribution in [0.2, 0.25) is 0 Å². The van der Waals surface area contributed by atoms with Gasteiger partial charge < -0.3 is 4.57 Å². The molecule has 3 heteroatoms. The van der Waals surface area contributed by atoms with E-state index in [1.165, 1.54) is 21.5 Å². The molecule has 0 aliphatic rings. The molecule has 0 bridgehead atoms. The molecule has 6 aromatic carbocycles. The number of nitriles is 1. The van der Waals surface area contributed by atoms with E-state index in [1.54, 1.807) is 12.1 Å².